The van der Waals surface area contributed by atoms with Crippen LogP contribution in [0.2, 0.25) is 0 Å². The van der Waals surface area contributed by atoms with Crippen molar-refractivity contribution in [3.8, 4) is 11.5 Å². The van der Waals surface area contributed by atoms with Crippen LogP contribution in [0, 0.1) is 0 Å². The second kappa shape index (κ2) is 6.19. The van der Waals surface area contributed by atoms with E-state index in [2.05, 4.69) is 12.1 Å². The smallest absolute Gasteiger partial charge is 0.122 e. The summed E-state index contributed by atoms with van der Waals surface area (Å²) in [5, 5.41) is 0. The second-order valence-electron chi connectivity index (χ2n) is 5.54. The van der Waals surface area contributed by atoms with E-state index in [0.29, 0.717) is 12.5 Å². The Labute approximate surface area is 125 Å². The average molecular weight is 283 g/mol. The Morgan fingerprint density at radius 2 is 1.95 bits per heavy atom. The summed E-state index contributed by atoms with van der Waals surface area (Å²) in [6, 6.07) is 16.3. The Morgan fingerprint density at radius 1 is 1.19 bits per heavy atom. The maximum Gasteiger partial charge on any atom is 0.122 e. The lowest BCUT2D eigenvalue weighted by Gasteiger charge is -2.25. The number of hydrogen-bond donors (Lipinski definition) is 1. The van der Waals surface area contributed by atoms with Gasteiger partial charge in [0.2, 0.25) is 0 Å². The minimum Gasteiger partial charge on any atom is -0.493 e. The van der Waals surface area contributed by atoms with E-state index in [1.54, 1.807) is 0 Å². The van der Waals surface area contributed by atoms with E-state index in [1.807, 2.05) is 43.3 Å². The molecule has 0 aliphatic carbocycles. The molecule has 0 spiro atoms. The van der Waals surface area contributed by atoms with Crippen LogP contribution in [0.4, 0.5) is 0 Å². The molecule has 0 radical (unpaired) electrons. The van der Waals surface area contributed by atoms with Crippen molar-refractivity contribution in [1.29, 1.82) is 0 Å². The van der Waals surface area contributed by atoms with Crippen molar-refractivity contribution >= 4 is 0 Å². The number of benzene rings is 2. The van der Waals surface area contributed by atoms with Crippen LogP contribution in [0.15, 0.2) is 48.5 Å². The Kier molecular flexibility index (Phi) is 4.11. The van der Waals surface area contributed by atoms with E-state index < -0.39 is 0 Å². The van der Waals surface area contributed by atoms with Gasteiger partial charge in [-0.25, -0.2) is 0 Å². The predicted octanol–water partition coefficient (Wildman–Crippen LogP) is 3.65. The van der Waals surface area contributed by atoms with Gasteiger partial charge < -0.3 is 15.2 Å². The second-order valence-corrected chi connectivity index (χ2v) is 5.54. The quantitative estimate of drug-likeness (QED) is 0.931. The number of nitrogens with two attached hydrogens (primary N) is 1. The van der Waals surface area contributed by atoms with Crippen LogP contribution in [0.25, 0.3) is 0 Å². The zero-order chi connectivity index (χ0) is 14.7. The Hall–Kier alpha value is -2.00. The molecule has 3 rings (SSSR count). The minimum absolute atomic E-state index is 0.0569. The van der Waals surface area contributed by atoms with Crippen molar-refractivity contribution in [3.63, 3.8) is 0 Å². The summed E-state index contributed by atoms with van der Waals surface area (Å²) in [5.74, 6) is 2.27. The maximum atomic E-state index is 5.94. The Bertz CT molecular complexity index is 592. The Balaban J connectivity index is 1.66. The molecular weight excluding hydrogens is 262 g/mol. The zero-order valence-electron chi connectivity index (χ0n) is 12.3. The van der Waals surface area contributed by atoms with Crippen LogP contribution >= 0.6 is 0 Å². The molecule has 2 unspecified atom stereocenters. The molecule has 1 heterocycles. The molecule has 2 aromatic rings. The summed E-state index contributed by atoms with van der Waals surface area (Å²) in [4.78, 5) is 0. The van der Waals surface area contributed by atoms with Gasteiger partial charge in [0, 0.05) is 17.5 Å². The molecule has 2 atom stereocenters. The van der Waals surface area contributed by atoms with Gasteiger partial charge in [0.05, 0.1) is 13.2 Å². The molecule has 0 aromatic heterocycles. The summed E-state index contributed by atoms with van der Waals surface area (Å²) < 4.78 is 11.6. The standard InChI is InChI=1S/C18H21NO2/c1-13(19)14-6-8-16(9-7-14)21-12-15-10-11-20-18-5-3-2-4-17(15)18/h2-9,13,15H,10-12,19H2,1H3. The first-order valence-electron chi connectivity index (χ1n) is 7.44. The molecule has 3 heteroatoms. The fourth-order valence-electron chi connectivity index (χ4n) is 2.65. The molecule has 3 nitrogen and oxygen atoms in total. The first-order chi connectivity index (χ1) is 10.2. The molecule has 2 aromatic carbocycles. The van der Waals surface area contributed by atoms with E-state index in [0.717, 1.165) is 30.1 Å². The monoisotopic (exact) mass is 283 g/mol. The Morgan fingerprint density at radius 3 is 2.71 bits per heavy atom. The number of fused-ring (bicyclic) bond motifs is 1. The summed E-state index contributed by atoms with van der Waals surface area (Å²) >= 11 is 0. The van der Waals surface area contributed by atoms with Crippen LogP contribution < -0.4 is 15.2 Å². The molecule has 0 bridgehead atoms. The molecule has 1 aliphatic rings. The first kappa shape index (κ1) is 14.0. The van der Waals surface area contributed by atoms with Gasteiger partial charge in [0.1, 0.15) is 11.5 Å². The highest BCUT2D eigenvalue weighted by Crippen LogP contribution is 2.33. The molecule has 0 saturated carbocycles. The number of rotatable bonds is 4. The molecular formula is C18H21NO2. The van der Waals surface area contributed by atoms with Gasteiger partial charge in [-0.05, 0) is 37.1 Å². The highest BCUT2D eigenvalue weighted by atomic mass is 16.5. The largest absolute Gasteiger partial charge is 0.493 e. The summed E-state index contributed by atoms with van der Waals surface area (Å²) in [7, 11) is 0. The lowest BCUT2D eigenvalue weighted by molar-refractivity contribution is 0.217. The summed E-state index contributed by atoms with van der Waals surface area (Å²) in [6.07, 6.45) is 0.995. The minimum atomic E-state index is 0.0569. The zero-order valence-corrected chi connectivity index (χ0v) is 12.3. The van der Waals surface area contributed by atoms with E-state index in [4.69, 9.17) is 15.2 Å². The van der Waals surface area contributed by atoms with E-state index in [1.165, 1.54) is 5.56 Å². The normalized spacial score (nSPS) is 18.5. The first-order valence-corrected chi connectivity index (χ1v) is 7.44. The fourth-order valence-corrected chi connectivity index (χ4v) is 2.65. The van der Waals surface area contributed by atoms with Crippen molar-refractivity contribution in [1.82, 2.24) is 0 Å². The average Bonchev–Trinajstić information content (AvgIpc) is 2.53. The van der Waals surface area contributed by atoms with Gasteiger partial charge in [-0.1, -0.05) is 30.3 Å². The van der Waals surface area contributed by atoms with E-state index in [-0.39, 0.29) is 6.04 Å². The third-order valence-corrected chi connectivity index (χ3v) is 3.94. The highest BCUT2D eigenvalue weighted by Gasteiger charge is 2.21. The molecule has 2 N–H and O–H groups in total. The van der Waals surface area contributed by atoms with Crippen LogP contribution in [-0.2, 0) is 0 Å². The van der Waals surface area contributed by atoms with Gasteiger partial charge in [-0.2, -0.15) is 0 Å². The lowest BCUT2D eigenvalue weighted by Crippen LogP contribution is -2.19. The van der Waals surface area contributed by atoms with Gasteiger partial charge in [0.15, 0.2) is 0 Å². The van der Waals surface area contributed by atoms with Crippen molar-refractivity contribution in [2.24, 2.45) is 5.73 Å². The van der Waals surface area contributed by atoms with Crippen LogP contribution in [-0.4, -0.2) is 13.2 Å². The fraction of sp³-hybridized carbons (Fsp3) is 0.333. The van der Waals surface area contributed by atoms with Crippen molar-refractivity contribution in [3.05, 3.63) is 59.7 Å². The maximum absolute atomic E-state index is 5.94. The summed E-state index contributed by atoms with van der Waals surface area (Å²) in [5.41, 5.74) is 8.22. The van der Waals surface area contributed by atoms with E-state index >= 15 is 0 Å². The van der Waals surface area contributed by atoms with Crippen molar-refractivity contribution < 1.29 is 9.47 Å². The predicted molar refractivity (Wildman–Crippen MR) is 83.8 cm³/mol. The number of para-hydroxylation sites is 1. The third-order valence-electron chi connectivity index (χ3n) is 3.94. The van der Waals surface area contributed by atoms with Crippen molar-refractivity contribution in [2.75, 3.05) is 13.2 Å². The van der Waals surface area contributed by atoms with Gasteiger partial charge in [0.25, 0.3) is 0 Å². The molecule has 21 heavy (non-hydrogen) atoms. The van der Waals surface area contributed by atoms with Gasteiger partial charge >= 0.3 is 0 Å². The number of hydrogen-bond acceptors (Lipinski definition) is 3. The topological polar surface area (TPSA) is 44.5 Å². The molecule has 110 valence electrons. The van der Waals surface area contributed by atoms with E-state index in [9.17, 15) is 0 Å². The molecule has 0 saturated heterocycles. The van der Waals surface area contributed by atoms with Crippen LogP contribution in [0.5, 0.6) is 11.5 Å². The van der Waals surface area contributed by atoms with Gasteiger partial charge in [-0.15, -0.1) is 0 Å². The molecule has 0 fully saturated rings. The summed E-state index contributed by atoms with van der Waals surface area (Å²) in [6.45, 7) is 3.42. The number of ether oxygens (including phenoxy) is 2. The van der Waals surface area contributed by atoms with Gasteiger partial charge in [-0.3, -0.25) is 0 Å². The third kappa shape index (κ3) is 3.19. The van der Waals surface area contributed by atoms with Crippen LogP contribution in [0.3, 0.4) is 0 Å². The SMILES string of the molecule is CC(N)c1ccc(OCC2CCOc3ccccc32)cc1. The molecule has 1 aliphatic heterocycles. The van der Waals surface area contributed by atoms with Crippen molar-refractivity contribution in [2.45, 2.75) is 25.3 Å². The lowest BCUT2D eigenvalue weighted by atomic mass is 9.94. The highest BCUT2D eigenvalue weighted by molar-refractivity contribution is 5.38. The van der Waals surface area contributed by atoms with Crippen LogP contribution in [0.1, 0.15) is 36.4 Å². The molecule has 0 amide bonds.